The Morgan fingerprint density at radius 1 is 1.14 bits per heavy atom. The zero-order valence-corrected chi connectivity index (χ0v) is 12.6. The van der Waals surface area contributed by atoms with Crippen LogP contribution in [0.25, 0.3) is 11.1 Å². The smallest absolute Gasteiger partial charge is 0.423 e. The summed E-state index contributed by atoms with van der Waals surface area (Å²) in [6, 6.07) is 14.5. The number of oxime groups is 1. The van der Waals surface area contributed by atoms with Gasteiger partial charge < -0.3 is 15.2 Å². The van der Waals surface area contributed by atoms with Crippen LogP contribution < -0.4 is 5.46 Å². The van der Waals surface area contributed by atoms with E-state index in [4.69, 9.17) is 10.0 Å². The normalized spacial score (nSPS) is 9.45. The average molecular weight is 321 g/mol. The minimum Gasteiger partial charge on any atom is -0.423 e. The summed E-state index contributed by atoms with van der Waals surface area (Å²) < 4.78 is 3.66. The van der Waals surface area contributed by atoms with E-state index in [1.807, 2.05) is 30.3 Å². The Balaban J connectivity index is 0.000000422. The molecule has 0 fully saturated rings. The number of aliphatic hydroxyl groups is 1. The lowest BCUT2D eigenvalue weighted by Crippen LogP contribution is -2.29. The summed E-state index contributed by atoms with van der Waals surface area (Å²) >= 11 is 3.14. The maximum absolute atomic E-state index is 9.28. The second-order valence-corrected chi connectivity index (χ2v) is 4.24. The summed E-state index contributed by atoms with van der Waals surface area (Å²) in [6.45, 7) is 2.83. The standard InChI is InChI=1S/C13H13BO3.CH3NO2S/c15-9-11-6-7-12(14(16)17)8-13(11)10-4-2-1-3-5-10;1-2-3-4-5/h1-8,15-17H,9H2;5H,1H2. The van der Waals surface area contributed by atoms with Crippen molar-refractivity contribution in [3.63, 3.8) is 0 Å². The van der Waals surface area contributed by atoms with Crippen molar-refractivity contribution in [3.05, 3.63) is 54.1 Å². The average Bonchev–Trinajstić information content (AvgIpc) is 2.56. The first kappa shape index (κ1) is 18.2. The number of nitrogens with zero attached hydrogens (tertiary/aromatic N) is 1. The van der Waals surface area contributed by atoms with Crippen molar-refractivity contribution >= 4 is 32.2 Å². The largest absolute Gasteiger partial charge is 0.488 e. The van der Waals surface area contributed by atoms with Crippen LogP contribution in [-0.2, 0) is 15.9 Å². The Bertz CT molecular complexity index is 583. The summed E-state index contributed by atoms with van der Waals surface area (Å²) in [5.74, 6) is 0. The molecule has 0 radical (unpaired) electrons. The Morgan fingerprint density at radius 2 is 1.82 bits per heavy atom. The minimum absolute atomic E-state index is 0.0773. The molecule has 6 nitrogen and oxygen atoms in total. The molecule has 116 valence electrons. The van der Waals surface area contributed by atoms with Crippen molar-refractivity contribution in [2.75, 3.05) is 0 Å². The molecule has 0 heterocycles. The van der Waals surface area contributed by atoms with Crippen molar-refractivity contribution in [1.29, 1.82) is 0 Å². The lowest BCUT2D eigenvalue weighted by molar-refractivity contribution is -0.186. The molecule has 0 aromatic heterocycles. The van der Waals surface area contributed by atoms with Gasteiger partial charge in [-0.2, -0.15) is 0 Å². The van der Waals surface area contributed by atoms with Gasteiger partial charge in [0, 0.05) is 19.6 Å². The van der Waals surface area contributed by atoms with Gasteiger partial charge in [-0.1, -0.05) is 58.0 Å². The highest BCUT2D eigenvalue weighted by atomic mass is 32.1. The molecular formula is C14H16BNO5S. The lowest BCUT2D eigenvalue weighted by Gasteiger charge is -2.10. The predicted molar refractivity (Wildman–Crippen MR) is 88.3 cm³/mol. The first-order valence-electron chi connectivity index (χ1n) is 6.22. The molecule has 0 aliphatic rings. The zero-order valence-electron chi connectivity index (χ0n) is 11.7. The minimum atomic E-state index is -1.50. The first-order valence-corrected chi connectivity index (χ1v) is 6.59. The summed E-state index contributed by atoms with van der Waals surface area (Å²) in [5.41, 5.74) is 2.94. The highest BCUT2D eigenvalue weighted by Crippen LogP contribution is 2.22. The third kappa shape index (κ3) is 5.51. The van der Waals surface area contributed by atoms with Crippen LogP contribution in [0.4, 0.5) is 0 Å². The zero-order chi connectivity index (χ0) is 16.4. The van der Waals surface area contributed by atoms with Crippen LogP contribution in [0.15, 0.2) is 53.7 Å². The molecule has 22 heavy (non-hydrogen) atoms. The van der Waals surface area contributed by atoms with Gasteiger partial charge in [0.15, 0.2) is 0 Å². The van der Waals surface area contributed by atoms with Crippen LogP contribution in [0, 0.1) is 0 Å². The Labute approximate surface area is 134 Å². The van der Waals surface area contributed by atoms with Crippen molar-refractivity contribution in [1.82, 2.24) is 0 Å². The number of hydrogen-bond acceptors (Lipinski definition) is 7. The second-order valence-electron chi connectivity index (χ2n) is 4.09. The Hall–Kier alpha value is -1.84. The van der Waals surface area contributed by atoms with Gasteiger partial charge in [0.1, 0.15) is 0 Å². The van der Waals surface area contributed by atoms with E-state index in [0.29, 0.717) is 5.46 Å². The van der Waals surface area contributed by atoms with Crippen molar-refractivity contribution in [3.8, 4) is 11.1 Å². The number of thiol groups is 1. The Kier molecular flexibility index (Phi) is 8.27. The molecule has 0 saturated heterocycles. The van der Waals surface area contributed by atoms with Gasteiger partial charge in [0.25, 0.3) is 0 Å². The van der Waals surface area contributed by atoms with Crippen LogP contribution in [-0.4, -0.2) is 29.0 Å². The molecule has 0 saturated carbocycles. The van der Waals surface area contributed by atoms with Crippen LogP contribution in [0.3, 0.4) is 0 Å². The third-order valence-electron chi connectivity index (χ3n) is 2.77. The van der Waals surface area contributed by atoms with E-state index in [1.54, 1.807) is 18.2 Å². The predicted octanol–water partition coefficient (Wildman–Crippen LogP) is 0.921. The van der Waals surface area contributed by atoms with E-state index in [-0.39, 0.29) is 6.61 Å². The van der Waals surface area contributed by atoms with E-state index >= 15 is 0 Å². The van der Waals surface area contributed by atoms with Crippen molar-refractivity contribution in [2.24, 2.45) is 5.16 Å². The van der Waals surface area contributed by atoms with Gasteiger partial charge in [-0.05, 0) is 22.2 Å². The molecule has 0 amide bonds. The molecule has 3 N–H and O–H groups in total. The van der Waals surface area contributed by atoms with Gasteiger partial charge in [-0.3, -0.25) is 0 Å². The summed E-state index contributed by atoms with van der Waals surface area (Å²) in [4.78, 5) is 3.71. The first-order chi connectivity index (χ1) is 10.6. The van der Waals surface area contributed by atoms with E-state index in [1.165, 1.54) is 0 Å². The third-order valence-corrected chi connectivity index (χ3v) is 2.84. The quantitative estimate of drug-likeness (QED) is 0.164. The van der Waals surface area contributed by atoms with Gasteiger partial charge in [0.2, 0.25) is 0 Å². The lowest BCUT2D eigenvalue weighted by atomic mass is 9.78. The number of rotatable bonds is 5. The Morgan fingerprint density at radius 3 is 2.27 bits per heavy atom. The van der Waals surface area contributed by atoms with Crippen LogP contribution in [0.2, 0.25) is 0 Å². The summed E-state index contributed by atoms with van der Waals surface area (Å²) in [6.07, 6.45) is 0. The van der Waals surface area contributed by atoms with Crippen LogP contribution >= 0.6 is 12.9 Å². The highest BCUT2D eigenvalue weighted by molar-refractivity contribution is 7.74. The monoisotopic (exact) mass is 321 g/mol. The second kappa shape index (κ2) is 9.99. The van der Waals surface area contributed by atoms with Gasteiger partial charge >= 0.3 is 7.12 Å². The molecule has 2 rings (SSSR count). The summed E-state index contributed by atoms with van der Waals surface area (Å²) in [7, 11) is -1.50. The topological polar surface area (TPSA) is 91.5 Å². The van der Waals surface area contributed by atoms with Crippen molar-refractivity contribution in [2.45, 2.75) is 6.61 Å². The fraction of sp³-hybridized carbons (Fsp3) is 0.0714. The van der Waals surface area contributed by atoms with E-state index < -0.39 is 7.12 Å². The number of aliphatic hydroxyl groups excluding tert-OH is 1. The highest BCUT2D eigenvalue weighted by Gasteiger charge is 2.13. The SMILES string of the molecule is C=NOOS.OCc1ccc(B(O)O)cc1-c1ccccc1. The fourth-order valence-corrected chi connectivity index (χ4v) is 1.85. The molecule has 0 aliphatic carbocycles. The molecule has 2 aromatic rings. The van der Waals surface area contributed by atoms with E-state index in [0.717, 1.165) is 16.7 Å². The molecule has 0 bridgehead atoms. The fourth-order valence-electron chi connectivity index (χ4n) is 1.80. The summed E-state index contributed by atoms with van der Waals surface area (Å²) in [5, 5.41) is 30.4. The molecule has 0 aliphatic heterocycles. The molecular weight excluding hydrogens is 305 g/mol. The molecule has 0 unspecified atom stereocenters. The van der Waals surface area contributed by atoms with Crippen molar-refractivity contribution < 1.29 is 24.5 Å². The maximum Gasteiger partial charge on any atom is 0.488 e. The molecule has 8 heteroatoms. The number of hydrogen-bond donors (Lipinski definition) is 4. The van der Waals surface area contributed by atoms with Crippen LogP contribution in [0.5, 0.6) is 0 Å². The van der Waals surface area contributed by atoms with Crippen LogP contribution in [0.1, 0.15) is 5.56 Å². The van der Waals surface area contributed by atoms with E-state index in [2.05, 4.69) is 34.1 Å². The molecule has 0 atom stereocenters. The van der Waals surface area contributed by atoms with E-state index in [9.17, 15) is 5.11 Å². The maximum atomic E-state index is 9.28. The number of benzene rings is 2. The molecule has 0 spiro atoms. The van der Waals surface area contributed by atoms with Gasteiger partial charge in [-0.25, -0.2) is 4.99 Å². The van der Waals surface area contributed by atoms with Gasteiger partial charge in [0.05, 0.1) is 6.61 Å². The van der Waals surface area contributed by atoms with Gasteiger partial charge in [-0.15, -0.1) is 0 Å². The molecule has 2 aromatic carbocycles.